The van der Waals surface area contributed by atoms with E-state index in [4.69, 9.17) is 33.7 Å². The second-order valence-electron chi connectivity index (χ2n) is 5.83. The van der Waals surface area contributed by atoms with Gasteiger partial charge in [0, 0.05) is 22.7 Å². The molecule has 3 rings (SSSR count). The van der Waals surface area contributed by atoms with Crippen LogP contribution in [0.15, 0.2) is 18.2 Å². The van der Waals surface area contributed by atoms with Crippen LogP contribution in [0.3, 0.4) is 0 Å². The van der Waals surface area contributed by atoms with Crippen LogP contribution >= 0.6 is 23.2 Å². The highest BCUT2D eigenvalue weighted by Gasteiger charge is 2.44. The van der Waals surface area contributed by atoms with E-state index in [0.29, 0.717) is 16.0 Å². The average Bonchev–Trinajstić information content (AvgIpc) is 2.39. The number of halogens is 2. The van der Waals surface area contributed by atoms with Gasteiger partial charge in [-0.05, 0) is 61.8 Å². The topological polar surface area (TPSA) is 35.2 Å². The maximum absolute atomic E-state index is 6.44. The van der Waals surface area contributed by atoms with Crippen molar-refractivity contribution >= 4 is 23.2 Å². The van der Waals surface area contributed by atoms with Crippen molar-refractivity contribution in [3.63, 3.8) is 0 Å². The Kier molecular flexibility index (Phi) is 3.78. The van der Waals surface area contributed by atoms with Crippen LogP contribution in [0.25, 0.3) is 0 Å². The molecule has 2 nitrogen and oxygen atoms in total. The molecule has 0 aromatic heterocycles. The second kappa shape index (κ2) is 5.25. The highest BCUT2D eigenvalue weighted by molar-refractivity contribution is 6.33. The van der Waals surface area contributed by atoms with Crippen LogP contribution in [0.2, 0.25) is 10.0 Å². The minimum Gasteiger partial charge on any atom is -0.375 e. The van der Waals surface area contributed by atoms with Crippen LogP contribution in [0.1, 0.15) is 43.7 Å². The Balaban J connectivity index is 1.79. The van der Waals surface area contributed by atoms with Gasteiger partial charge in [-0.15, -0.1) is 0 Å². The molecule has 2 N–H and O–H groups in total. The molecule has 104 valence electrons. The summed E-state index contributed by atoms with van der Waals surface area (Å²) in [6, 6.07) is 5.49. The molecule has 4 heteroatoms. The molecule has 2 unspecified atom stereocenters. The zero-order valence-corrected chi connectivity index (χ0v) is 12.4. The van der Waals surface area contributed by atoms with Gasteiger partial charge in [0.05, 0.1) is 5.60 Å². The molecule has 2 fully saturated rings. The molecule has 1 aliphatic carbocycles. The van der Waals surface area contributed by atoms with Crippen molar-refractivity contribution in [3.8, 4) is 0 Å². The van der Waals surface area contributed by atoms with E-state index in [0.717, 1.165) is 25.0 Å². The summed E-state index contributed by atoms with van der Waals surface area (Å²) < 4.78 is 5.96. The monoisotopic (exact) mass is 299 g/mol. The molecule has 1 heterocycles. The quantitative estimate of drug-likeness (QED) is 0.881. The highest BCUT2D eigenvalue weighted by Crippen LogP contribution is 2.47. The lowest BCUT2D eigenvalue weighted by Crippen LogP contribution is -2.47. The molecule has 0 radical (unpaired) electrons. The molecule has 2 atom stereocenters. The fourth-order valence-electron chi connectivity index (χ4n) is 3.32. The first-order valence-corrected chi connectivity index (χ1v) is 7.70. The zero-order valence-electron chi connectivity index (χ0n) is 10.9. The lowest BCUT2D eigenvalue weighted by Gasteiger charge is -2.48. The van der Waals surface area contributed by atoms with Crippen LogP contribution < -0.4 is 5.73 Å². The Bertz CT molecular complexity index is 473. The van der Waals surface area contributed by atoms with Crippen LogP contribution in [0.4, 0.5) is 0 Å². The summed E-state index contributed by atoms with van der Waals surface area (Å²) in [7, 11) is 0. The predicted molar refractivity (Wildman–Crippen MR) is 78.6 cm³/mol. The molecule has 2 aliphatic rings. The van der Waals surface area contributed by atoms with E-state index in [9.17, 15) is 0 Å². The first-order valence-electron chi connectivity index (χ1n) is 6.94. The maximum Gasteiger partial charge on any atom is 0.0686 e. The van der Waals surface area contributed by atoms with E-state index < -0.39 is 0 Å². The van der Waals surface area contributed by atoms with Gasteiger partial charge >= 0.3 is 0 Å². The van der Waals surface area contributed by atoms with Crippen molar-refractivity contribution in [2.45, 2.75) is 43.7 Å². The fraction of sp³-hybridized carbons (Fsp3) is 0.600. The third-order valence-corrected chi connectivity index (χ3v) is 5.20. The Morgan fingerprint density at radius 1 is 1.32 bits per heavy atom. The molecular weight excluding hydrogens is 281 g/mol. The highest BCUT2D eigenvalue weighted by atomic mass is 35.5. The van der Waals surface area contributed by atoms with Crippen LogP contribution in [-0.4, -0.2) is 12.2 Å². The molecule has 19 heavy (non-hydrogen) atoms. The Labute approximate surface area is 124 Å². The minimum absolute atomic E-state index is 0.0485. The smallest absolute Gasteiger partial charge is 0.0686 e. The van der Waals surface area contributed by atoms with Gasteiger partial charge in [-0.2, -0.15) is 0 Å². The molecule has 0 amide bonds. The van der Waals surface area contributed by atoms with E-state index >= 15 is 0 Å². The van der Waals surface area contributed by atoms with Crippen molar-refractivity contribution in [2.24, 2.45) is 11.7 Å². The SMILES string of the molecule is NC(c1cc(Cl)ccc1Cl)C1CCOC2(CCC2)C1. The summed E-state index contributed by atoms with van der Waals surface area (Å²) in [6.45, 7) is 0.816. The van der Waals surface area contributed by atoms with Gasteiger partial charge in [-0.3, -0.25) is 0 Å². The van der Waals surface area contributed by atoms with E-state index in [1.165, 1.54) is 19.3 Å². The summed E-state index contributed by atoms with van der Waals surface area (Å²) in [4.78, 5) is 0. The predicted octanol–water partition coefficient (Wildman–Crippen LogP) is 4.34. The van der Waals surface area contributed by atoms with Crippen molar-refractivity contribution in [1.29, 1.82) is 0 Å². The van der Waals surface area contributed by atoms with Crippen LogP contribution in [0, 0.1) is 5.92 Å². The molecule has 1 saturated carbocycles. The van der Waals surface area contributed by atoms with E-state index in [1.807, 2.05) is 12.1 Å². The van der Waals surface area contributed by atoms with Gasteiger partial charge < -0.3 is 10.5 Å². The van der Waals surface area contributed by atoms with E-state index in [1.54, 1.807) is 6.07 Å². The molecule has 1 aromatic carbocycles. The first-order chi connectivity index (χ1) is 9.10. The number of hydrogen-bond acceptors (Lipinski definition) is 2. The third-order valence-electron chi connectivity index (χ3n) is 4.62. The van der Waals surface area contributed by atoms with Crippen molar-refractivity contribution in [2.75, 3.05) is 6.61 Å². The molecular formula is C15H19Cl2NO. The maximum atomic E-state index is 6.44. The average molecular weight is 300 g/mol. The van der Waals surface area contributed by atoms with Crippen LogP contribution in [-0.2, 0) is 4.74 Å². The molecule has 1 saturated heterocycles. The number of hydrogen-bond donors (Lipinski definition) is 1. The Hall–Kier alpha value is -0.280. The summed E-state index contributed by atoms with van der Waals surface area (Å²) >= 11 is 12.3. The van der Waals surface area contributed by atoms with Gasteiger partial charge in [-0.25, -0.2) is 0 Å². The lowest BCUT2D eigenvalue weighted by atomic mass is 9.70. The second-order valence-corrected chi connectivity index (χ2v) is 6.67. The lowest BCUT2D eigenvalue weighted by molar-refractivity contribution is -0.146. The first kappa shape index (κ1) is 13.7. The van der Waals surface area contributed by atoms with Gasteiger partial charge in [0.25, 0.3) is 0 Å². The van der Waals surface area contributed by atoms with E-state index in [-0.39, 0.29) is 11.6 Å². The van der Waals surface area contributed by atoms with Gasteiger partial charge in [0.15, 0.2) is 0 Å². The number of ether oxygens (including phenoxy) is 1. The van der Waals surface area contributed by atoms with Crippen molar-refractivity contribution < 1.29 is 4.74 Å². The van der Waals surface area contributed by atoms with Gasteiger partial charge in [0.2, 0.25) is 0 Å². The van der Waals surface area contributed by atoms with Gasteiger partial charge in [0.1, 0.15) is 0 Å². The van der Waals surface area contributed by atoms with E-state index in [2.05, 4.69) is 0 Å². The summed E-state index contributed by atoms with van der Waals surface area (Å²) in [5.74, 6) is 0.435. The largest absolute Gasteiger partial charge is 0.375 e. The van der Waals surface area contributed by atoms with Crippen molar-refractivity contribution in [1.82, 2.24) is 0 Å². The number of benzene rings is 1. The number of rotatable bonds is 2. The number of nitrogens with two attached hydrogens (primary N) is 1. The summed E-state index contributed by atoms with van der Waals surface area (Å²) in [5, 5.41) is 1.41. The normalized spacial score (nSPS) is 27.0. The zero-order chi connectivity index (χ0) is 13.5. The van der Waals surface area contributed by atoms with Crippen LogP contribution in [0.5, 0.6) is 0 Å². The van der Waals surface area contributed by atoms with Gasteiger partial charge in [-0.1, -0.05) is 23.2 Å². The third kappa shape index (κ3) is 2.64. The molecule has 1 aliphatic heterocycles. The molecule has 1 spiro atoms. The minimum atomic E-state index is -0.0485. The Morgan fingerprint density at radius 3 is 2.79 bits per heavy atom. The fourth-order valence-corrected chi connectivity index (χ4v) is 3.74. The molecule has 1 aromatic rings. The molecule has 0 bridgehead atoms. The summed E-state index contributed by atoms with van der Waals surface area (Å²) in [5.41, 5.74) is 7.53. The standard InChI is InChI=1S/C15H19Cl2NO/c16-11-2-3-13(17)12(8-11)14(18)10-4-7-19-15(9-10)5-1-6-15/h2-3,8,10,14H,1,4-7,9,18H2. The Morgan fingerprint density at radius 2 is 2.11 bits per heavy atom. The van der Waals surface area contributed by atoms with Crippen molar-refractivity contribution in [3.05, 3.63) is 33.8 Å². The summed E-state index contributed by atoms with van der Waals surface area (Å²) in [6.07, 6.45) is 5.70.